The molecule has 0 N–H and O–H groups in total. The van der Waals surface area contributed by atoms with Crippen LogP contribution < -0.4 is 0 Å². The van der Waals surface area contributed by atoms with Gasteiger partial charge in [0, 0.05) is 11.3 Å². The average Bonchev–Trinajstić information content (AvgIpc) is 2.85. The Hall–Kier alpha value is -1.44. The molecule has 2 rings (SSSR count). The van der Waals surface area contributed by atoms with E-state index in [4.69, 9.17) is 0 Å². The highest BCUT2D eigenvalue weighted by molar-refractivity contribution is 6.09. The quantitative estimate of drug-likeness (QED) is 0.621. The van der Waals surface area contributed by atoms with Gasteiger partial charge in [0.05, 0.1) is 6.54 Å². The fraction of sp³-hybridized carbons (Fsp3) is 0.500. The summed E-state index contributed by atoms with van der Waals surface area (Å²) in [5.74, 6) is -0.119. The minimum Gasteiger partial charge on any atom is -0.285 e. The van der Waals surface area contributed by atoms with Gasteiger partial charge in [-0.2, -0.15) is 0 Å². The standard InChI is InChI=1S/C18H24FN/c1-4-6-7-8-14-16(12-20-18(14)5-2)15-11-13(3)9-10-17(15)19/h9-11H,4-8,12H2,1-3H3. The molecule has 1 aromatic rings. The van der Waals surface area contributed by atoms with Crippen LogP contribution in [0.2, 0.25) is 0 Å². The van der Waals surface area contributed by atoms with E-state index in [9.17, 15) is 4.39 Å². The van der Waals surface area contributed by atoms with Crippen molar-refractivity contribution in [1.29, 1.82) is 0 Å². The summed E-state index contributed by atoms with van der Waals surface area (Å²) in [4.78, 5) is 4.62. The normalized spacial score (nSPS) is 14.9. The first-order chi connectivity index (χ1) is 9.67. The minimum atomic E-state index is -0.119. The van der Waals surface area contributed by atoms with E-state index in [1.165, 1.54) is 30.5 Å². The summed E-state index contributed by atoms with van der Waals surface area (Å²) in [6, 6.07) is 5.36. The van der Waals surface area contributed by atoms with E-state index in [1.54, 1.807) is 6.07 Å². The Bertz CT molecular complexity index is 540. The van der Waals surface area contributed by atoms with Crippen molar-refractivity contribution in [2.45, 2.75) is 52.9 Å². The third kappa shape index (κ3) is 3.17. The van der Waals surface area contributed by atoms with E-state index in [2.05, 4.69) is 18.8 Å². The first-order valence-electron chi connectivity index (χ1n) is 7.69. The first-order valence-corrected chi connectivity index (χ1v) is 7.69. The molecule has 0 spiro atoms. The molecule has 0 amide bonds. The fourth-order valence-corrected chi connectivity index (χ4v) is 2.83. The van der Waals surface area contributed by atoms with Crippen LogP contribution in [-0.2, 0) is 0 Å². The van der Waals surface area contributed by atoms with Crippen molar-refractivity contribution in [3.63, 3.8) is 0 Å². The Balaban J connectivity index is 2.35. The largest absolute Gasteiger partial charge is 0.285 e. The average molecular weight is 273 g/mol. The lowest BCUT2D eigenvalue weighted by Gasteiger charge is -2.11. The molecule has 20 heavy (non-hydrogen) atoms. The van der Waals surface area contributed by atoms with Crippen molar-refractivity contribution in [3.8, 4) is 0 Å². The number of aryl methyl sites for hydroxylation is 1. The molecule has 0 radical (unpaired) electrons. The van der Waals surface area contributed by atoms with Crippen LogP contribution >= 0.6 is 0 Å². The van der Waals surface area contributed by atoms with E-state index in [0.717, 1.165) is 29.5 Å². The van der Waals surface area contributed by atoms with Crippen molar-refractivity contribution in [2.75, 3.05) is 6.54 Å². The second kappa shape index (κ2) is 6.83. The van der Waals surface area contributed by atoms with Crippen LogP contribution in [0.1, 0.15) is 57.1 Å². The summed E-state index contributed by atoms with van der Waals surface area (Å²) in [5, 5.41) is 0. The number of hydrogen-bond donors (Lipinski definition) is 0. The number of halogens is 1. The van der Waals surface area contributed by atoms with E-state index in [1.807, 2.05) is 19.1 Å². The lowest BCUT2D eigenvalue weighted by Crippen LogP contribution is -2.01. The highest BCUT2D eigenvalue weighted by Gasteiger charge is 2.21. The van der Waals surface area contributed by atoms with Crippen LogP contribution in [0.4, 0.5) is 4.39 Å². The lowest BCUT2D eigenvalue weighted by atomic mass is 9.93. The third-order valence-corrected chi connectivity index (χ3v) is 3.95. The highest BCUT2D eigenvalue weighted by Crippen LogP contribution is 2.31. The monoisotopic (exact) mass is 273 g/mol. The molecule has 0 atom stereocenters. The molecule has 0 unspecified atom stereocenters. The summed E-state index contributed by atoms with van der Waals surface area (Å²) in [7, 11) is 0. The van der Waals surface area contributed by atoms with E-state index < -0.39 is 0 Å². The van der Waals surface area contributed by atoms with Crippen molar-refractivity contribution in [3.05, 3.63) is 40.7 Å². The van der Waals surface area contributed by atoms with Crippen molar-refractivity contribution < 1.29 is 4.39 Å². The van der Waals surface area contributed by atoms with Gasteiger partial charge in [0.1, 0.15) is 5.82 Å². The molecule has 0 aromatic heterocycles. The van der Waals surface area contributed by atoms with E-state index in [0.29, 0.717) is 6.54 Å². The topological polar surface area (TPSA) is 12.4 Å². The number of allylic oxidation sites excluding steroid dienone is 1. The minimum absolute atomic E-state index is 0.119. The molecule has 0 fully saturated rings. The maximum atomic E-state index is 14.1. The molecule has 0 saturated carbocycles. The molecule has 1 aliphatic heterocycles. The zero-order valence-electron chi connectivity index (χ0n) is 12.8. The molecule has 108 valence electrons. The van der Waals surface area contributed by atoms with Crippen molar-refractivity contribution in [2.24, 2.45) is 4.99 Å². The fourth-order valence-electron chi connectivity index (χ4n) is 2.83. The van der Waals surface area contributed by atoms with Gasteiger partial charge in [0.25, 0.3) is 0 Å². The zero-order valence-corrected chi connectivity index (χ0v) is 12.8. The molecule has 1 nitrogen and oxygen atoms in total. The number of rotatable bonds is 6. The molecule has 1 aliphatic rings. The van der Waals surface area contributed by atoms with Crippen LogP contribution in [-0.4, -0.2) is 12.3 Å². The van der Waals surface area contributed by atoms with Gasteiger partial charge in [-0.05, 0) is 49.5 Å². The van der Waals surface area contributed by atoms with Crippen LogP contribution in [0.3, 0.4) is 0 Å². The smallest absolute Gasteiger partial charge is 0.130 e. The molecule has 0 bridgehead atoms. The number of aliphatic imine (C=N–C) groups is 1. The van der Waals surface area contributed by atoms with Gasteiger partial charge in [-0.3, -0.25) is 4.99 Å². The van der Waals surface area contributed by atoms with Crippen LogP contribution in [0.15, 0.2) is 28.8 Å². The highest BCUT2D eigenvalue weighted by atomic mass is 19.1. The Morgan fingerprint density at radius 3 is 2.70 bits per heavy atom. The zero-order chi connectivity index (χ0) is 14.5. The molecular formula is C18H24FN. The second-order valence-corrected chi connectivity index (χ2v) is 5.51. The molecule has 0 aliphatic carbocycles. The van der Waals surface area contributed by atoms with Gasteiger partial charge in [-0.1, -0.05) is 38.3 Å². The summed E-state index contributed by atoms with van der Waals surface area (Å²) >= 11 is 0. The summed E-state index contributed by atoms with van der Waals surface area (Å²) in [6.45, 7) is 7.00. The maximum Gasteiger partial charge on any atom is 0.130 e. The third-order valence-electron chi connectivity index (χ3n) is 3.95. The summed E-state index contributed by atoms with van der Waals surface area (Å²) in [6.07, 6.45) is 5.58. The van der Waals surface area contributed by atoms with Gasteiger partial charge >= 0.3 is 0 Å². The molecule has 1 aromatic carbocycles. The number of nitrogens with zero attached hydrogens (tertiary/aromatic N) is 1. The Morgan fingerprint density at radius 1 is 1.20 bits per heavy atom. The predicted octanol–water partition coefficient (Wildman–Crippen LogP) is 5.33. The van der Waals surface area contributed by atoms with Crippen LogP contribution in [0, 0.1) is 12.7 Å². The van der Waals surface area contributed by atoms with Gasteiger partial charge in [0.2, 0.25) is 0 Å². The molecule has 0 saturated heterocycles. The SMILES string of the molecule is CCCCCC1=C(c2cc(C)ccc2F)CN=C1CC. The predicted molar refractivity (Wildman–Crippen MR) is 84.8 cm³/mol. The Labute approximate surface area is 121 Å². The van der Waals surface area contributed by atoms with Gasteiger partial charge < -0.3 is 0 Å². The van der Waals surface area contributed by atoms with Gasteiger partial charge in [-0.15, -0.1) is 0 Å². The lowest BCUT2D eigenvalue weighted by molar-refractivity contribution is 0.623. The first kappa shape index (κ1) is 15.0. The Morgan fingerprint density at radius 2 is 2.00 bits per heavy atom. The molecule has 2 heteroatoms. The number of benzene rings is 1. The van der Waals surface area contributed by atoms with Gasteiger partial charge in [-0.25, -0.2) is 4.39 Å². The molecule has 1 heterocycles. The second-order valence-electron chi connectivity index (χ2n) is 5.51. The van der Waals surface area contributed by atoms with E-state index in [-0.39, 0.29) is 5.82 Å². The number of hydrogen-bond acceptors (Lipinski definition) is 1. The van der Waals surface area contributed by atoms with Crippen LogP contribution in [0.25, 0.3) is 5.57 Å². The van der Waals surface area contributed by atoms with Crippen molar-refractivity contribution >= 4 is 11.3 Å². The van der Waals surface area contributed by atoms with Crippen LogP contribution in [0.5, 0.6) is 0 Å². The Kier molecular flexibility index (Phi) is 5.11. The van der Waals surface area contributed by atoms with Crippen molar-refractivity contribution in [1.82, 2.24) is 0 Å². The summed E-state index contributed by atoms with van der Waals surface area (Å²) in [5.41, 5.74) is 5.44. The number of unbranched alkanes of at least 4 members (excludes halogenated alkanes) is 2. The maximum absolute atomic E-state index is 14.1. The van der Waals surface area contributed by atoms with E-state index >= 15 is 0 Å². The summed E-state index contributed by atoms with van der Waals surface area (Å²) < 4.78 is 14.1. The van der Waals surface area contributed by atoms with Gasteiger partial charge in [0.15, 0.2) is 0 Å². The molecular weight excluding hydrogens is 249 g/mol.